The van der Waals surface area contributed by atoms with Gasteiger partial charge in [-0.3, -0.25) is 9.59 Å². The number of thiophene rings is 1. The van der Waals surface area contributed by atoms with Crippen LogP contribution < -0.4 is 4.90 Å². The van der Waals surface area contributed by atoms with E-state index in [0.29, 0.717) is 13.1 Å². The summed E-state index contributed by atoms with van der Waals surface area (Å²) in [6.45, 7) is 1.09. The molecule has 1 N–H and O–H groups in total. The van der Waals surface area contributed by atoms with Crippen molar-refractivity contribution in [2.45, 2.75) is 6.61 Å². The molecule has 0 unspecified atom stereocenters. The molecule has 3 rings (SSSR count). The molecule has 1 saturated heterocycles. The zero-order chi connectivity index (χ0) is 16.9. The third-order valence-corrected chi connectivity index (χ3v) is 4.79. The van der Waals surface area contributed by atoms with Crippen molar-refractivity contribution in [2.75, 3.05) is 24.5 Å². The van der Waals surface area contributed by atoms with Crippen LogP contribution in [0.15, 0.2) is 47.9 Å². The van der Waals surface area contributed by atoms with E-state index in [1.807, 2.05) is 41.8 Å². The fourth-order valence-corrected chi connectivity index (χ4v) is 3.36. The van der Waals surface area contributed by atoms with Gasteiger partial charge in [-0.25, -0.2) is 0 Å². The number of aliphatic hydroxyl groups is 1. The Bertz CT molecular complexity index is 755. The van der Waals surface area contributed by atoms with Crippen LogP contribution in [-0.4, -0.2) is 41.5 Å². The van der Waals surface area contributed by atoms with Gasteiger partial charge in [-0.1, -0.05) is 18.2 Å². The third-order valence-electron chi connectivity index (χ3n) is 3.85. The van der Waals surface area contributed by atoms with E-state index in [4.69, 9.17) is 5.11 Å². The molecule has 1 aromatic carbocycles. The van der Waals surface area contributed by atoms with Crippen LogP contribution in [-0.2, 0) is 16.2 Å². The Morgan fingerprint density at radius 1 is 1.25 bits per heavy atom. The SMILES string of the molecule is O=C(/C=C/c1cc(CO)cs1)N1CCN(c2ccccc2)C(=O)C1. The quantitative estimate of drug-likeness (QED) is 0.866. The largest absolute Gasteiger partial charge is 0.392 e. The molecule has 1 fully saturated rings. The van der Waals surface area contributed by atoms with E-state index in [0.717, 1.165) is 16.1 Å². The maximum Gasteiger partial charge on any atom is 0.247 e. The number of carbonyl (C=O) groups is 2. The highest BCUT2D eigenvalue weighted by atomic mass is 32.1. The predicted molar refractivity (Wildman–Crippen MR) is 94.7 cm³/mol. The van der Waals surface area contributed by atoms with Crippen LogP contribution in [0.5, 0.6) is 0 Å². The van der Waals surface area contributed by atoms with Crippen molar-refractivity contribution in [3.63, 3.8) is 0 Å². The van der Waals surface area contributed by atoms with Gasteiger partial charge < -0.3 is 14.9 Å². The second-order valence-electron chi connectivity index (χ2n) is 5.49. The summed E-state index contributed by atoms with van der Waals surface area (Å²) in [7, 11) is 0. The lowest BCUT2D eigenvalue weighted by Crippen LogP contribution is -2.52. The van der Waals surface area contributed by atoms with Gasteiger partial charge in [0, 0.05) is 29.7 Å². The molecule has 1 aromatic heterocycles. The van der Waals surface area contributed by atoms with Gasteiger partial charge in [0.25, 0.3) is 0 Å². The standard InChI is InChI=1S/C18H18N2O3S/c21-12-14-10-16(24-13-14)6-7-17(22)19-8-9-20(18(23)11-19)15-4-2-1-3-5-15/h1-7,10,13,21H,8-9,11-12H2/b7-6+. The monoisotopic (exact) mass is 342 g/mol. The van der Waals surface area contributed by atoms with E-state index in [1.165, 1.54) is 17.4 Å². The third kappa shape index (κ3) is 3.72. The van der Waals surface area contributed by atoms with Crippen LogP contribution in [0.4, 0.5) is 5.69 Å². The average molecular weight is 342 g/mol. The fourth-order valence-electron chi connectivity index (χ4n) is 2.57. The number of nitrogens with zero attached hydrogens (tertiary/aromatic N) is 2. The van der Waals surface area contributed by atoms with Gasteiger partial charge in [0.1, 0.15) is 6.54 Å². The molecule has 5 nitrogen and oxygen atoms in total. The number of carbonyl (C=O) groups excluding carboxylic acids is 2. The highest BCUT2D eigenvalue weighted by molar-refractivity contribution is 7.11. The van der Waals surface area contributed by atoms with Crippen LogP contribution in [0.3, 0.4) is 0 Å². The molecule has 2 aromatic rings. The Morgan fingerprint density at radius 3 is 2.71 bits per heavy atom. The smallest absolute Gasteiger partial charge is 0.247 e. The van der Waals surface area contributed by atoms with Crippen molar-refractivity contribution in [1.29, 1.82) is 0 Å². The lowest BCUT2D eigenvalue weighted by atomic mass is 10.2. The maximum absolute atomic E-state index is 12.3. The van der Waals surface area contributed by atoms with Gasteiger partial charge >= 0.3 is 0 Å². The zero-order valence-electron chi connectivity index (χ0n) is 13.1. The molecule has 0 aliphatic carbocycles. The predicted octanol–water partition coefficient (Wildman–Crippen LogP) is 2.13. The van der Waals surface area contributed by atoms with Gasteiger partial charge in [0.15, 0.2) is 0 Å². The Morgan fingerprint density at radius 2 is 2.04 bits per heavy atom. The van der Waals surface area contributed by atoms with Crippen LogP contribution in [0.2, 0.25) is 0 Å². The van der Waals surface area contributed by atoms with E-state index in [1.54, 1.807) is 15.9 Å². The van der Waals surface area contributed by atoms with Crippen molar-refractivity contribution >= 4 is 34.9 Å². The second-order valence-corrected chi connectivity index (χ2v) is 6.43. The average Bonchev–Trinajstić information content (AvgIpc) is 3.08. The molecule has 0 radical (unpaired) electrons. The van der Waals surface area contributed by atoms with Crippen LogP contribution in [0.1, 0.15) is 10.4 Å². The highest BCUT2D eigenvalue weighted by Crippen LogP contribution is 2.18. The summed E-state index contributed by atoms with van der Waals surface area (Å²) in [6.07, 6.45) is 3.21. The number of benzene rings is 1. The molecule has 2 heterocycles. The summed E-state index contributed by atoms with van der Waals surface area (Å²) >= 11 is 1.47. The molecule has 2 amide bonds. The fraction of sp³-hybridized carbons (Fsp3) is 0.222. The molecule has 24 heavy (non-hydrogen) atoms. The van der Waals surface area contributed by atoms with Crippen molar-refractivity contribution in [3.05, 3.63) is 58.3 Å². The van der Waals surface area contributed by atoms with Gasteiger partial charge in [-0.15, -0.1) is 11.3 Å². The highest BCUT2D eigenvalue weighted by Gasteiger charge is 2.26. The maximum atomic E-state index is 12.3. The first-order valence-corrected chi connectivity index (χ1v) is 8.56. The minimum absolute atomic E-state index is 0.00572. The molecular weight excluding hydrogens is 324 g/mol. The second kappa shape index (κ2) is 7.42. The lowest BCUT2D eigenvalue weighted by molar-refractivity contribution is -0.133. The van der Waals surface area contributed by atoms with Crippen molar-refractivity contribution < 1.29 is 14.7 Å². The minimum Gasteiger partial charge on any atom is -0.392 e. The van der Waals surface area contributed by atoms with E-state index in [-0.39, 0.29) is 25.0 Å². The summed E-state index contributed by atoms with van der Waals surface area (Å²) < 4.78 is 0. The molecule has 0 spiro atoms. The zero-order valence-corrected chi connectivity index (χ0v) is 13.9. The molecule has 0 saturated carbocycles. The molecule has 124 valence electrons. The van der Waals surface area contributed by atoms with Crippen LogP contribution in [0, 0.1) is 0 Å². The number of anilines is 1. The Labute approximate surface area is 144 Å². The van der Waals surface area contributed by atoms with Crippen LogP contribution in [0.25, 0.3) is 6.08 Å². The number of rotatable bonds is 4. The number of hydrogen-bond acceptors (Lipinski definition) is 4. The Kier molecular flexibility index (Phi) is 5.08. The number of para-hydroxylation sites is 1. The van der Waals surface area contributed by atoms with E-state index >= 15 is 0 Å². The molecule has 1 aliphatic rings. The number of aliphatic hydroxyl groups excluding tert-OH is 1. The van der Waals surface area contributed by atoms with E-state index in [9.17, 15) is 9.59 Å². The molecule has 1 aliphatic heterocycles. The summed E-state index contributed by atoms with van der Waals surface area (Å²) in [4.78, 5) is 28.7. The molecule has 6 heteroatoms. The number of piperazine rings is 1. The minimum atomic E-state index is -0.171. The number of amides is 2. The lowest BCUT2D eigenvalue weighted by Gasteiger charge is -2.33. The molecule has 0 atom stereocenters. The summed E-state index contributed by atoms with van der Waals surface area (Å²) in [5, 5.41) is 10.9. The Hall–Kier alpha value is -2.44. The van der Waals surface area contributed by atoms with Gasteiger partial charge in [-0.2, -0.15) is 0 Å². The van der Waals surface area contributed by atoms with E-state index < -0.39 is 0 Å². The summed E-state index contributed by atoms with van der Waals surface area (Å²) in [6, 6.07) is 11.3. The van der Waals surface area contributed by atoms with Gasteiger partial charge in [0.05, 0.1) is 6.61 Å². The first kappa shape index (κ1) is 16.4. The van der Waals surface area contributed by atoms with Crippen molar-refractivity contribution in [3.8, 4) is 0 Å². The van der Waals surface area contributed by atoms with Crippen LogP contribution >= 0.6 is 11.3 Å². The summed E-state index contributed by atoms with van der Waals surface area (Å²) in [5.41, 5.74) is 1.69. The van der Waals surface area contributed by atoms with Gasteiger partial charge in [-0.05, 0) is 35.2 Å². The van der Waals surface area contributed by atoms with Crippen molar-refractivity contribution in [1.82, 2.24) is 4.90 Å². The first-order valence-electron chi connectivity index (χ1n) is 7.68. The van der Waals surface area contributed by atoms with E-state index in [2.05, 4.69) is 0 Å². The summed E-state index contributed by atoms with van der Waals surface area (Å²) in [5.74, 6) is -0.247. The normalized spacial score (nSPS) is 15.3. The molecular formula is C18H18N2O3S. The molecule has 0 bridgehead atoms. The Balaban J connectivity index is 1.61. The first-order chi connectivity index (χ1) is 11.7. The number of hydrogen-bond donors (Lipinski definition) is 1. The van der Waals surface area contributed by atoms with Crippen molar-refractivity contribution in [2.24, 2.45) is 0 Å². The van der Waals surface area contributed by atoms with Gasteiger partial charge in [0.2, 0.25) is 11.8 Å². The topological polar surface area (TPSA) is 60.9 Å².